The van der Waals surface area contributed by atoms with Gasteiger partial charge in [-0.05, 0) is 53.3 Å². The fourth-order valence-electron chi connectivity index (χ4n) is 5.13. The maximum Gasteiger partial charge on any atom is 0.416 e. The van der Waals surface area contributed by atoms with Gasteiger partial charge in [0.2, 0.25) is 0 Å². The molecule has 3 aromatic carbocycles. The second kappa shape index (κ2) is 9.68. The third kappa shape index (κ3) is 4.99. The van der Waals surface area contributed by atoms with Crippen LogP contribution >= 0.6 is 0 Å². The van der Waals surface area contributed by atoms with Gasteiger partial charge in [-0.3, -0.25) is 4.79 Å². The van der Waals surface area contributed by atoms with Gasteiger partial charge < -0.3 is 14.2 Å². The highest BCUT2D eigenvalue weighted by molar-refractivity contribution is 5.71. The Labute approximate surface area is 210 Å². The molecule has 1 heterocycles. The maximum atomic E-state index is 14.3. The van der Waals surface area contributed by atoms with E-state index in [0.29, 0.717) is 48.1 Å². The molecule has 0 amide bonds. The van der Waals surface area contributed by atoms with Gasteiger partial charge in [0.15, 0.2) is 0 Å². The number of halogens is 5. The highest BCUT2D eigenvalue weighted by atomic mass is 19.4. The number of benzene rings is 3. The Bertz CT molecular complexity index is 1350. The Kier molecular flexibility index (Phi) is 6.56. The largest absolute Gasteiger partial charge is 0.492 e. The van der Waals surface area contributed by atoms with E-state index in [4.69, 9.17) is 14.2 Å². The van der Waals surface area contributed by atoms with Crippen LogP contribution in [0.1, 0.15) is 58.2 Å². The molecule has 0 spiro atoms. The molecule has 37 heavy (non-hydrogen) atoms. The fourth-order valence-corrected chi connectivity index (χ4v) is 5.13. The molecule has 2 atom stereocenters. The first kappa shape index (κ1) is 25.0. The number of esters is 1. The molecule has 0 saturated heterocycles. The van der Waals surface area contributed by atoms with E-state index in [0.717, 1.165) is 17.7 Å². The quantitative estimate of drug-likeness (QED) is 0.270. The Morgan fingerprint density at radius 1 is 1.05 bits per heavy atom. The number of methoxy groups -OCH3 is 1. The summed E-state index contributed by atoms with van der Waals surface area (Å²) in [6.07, 6.45) is -4.48. The molecule has 0 bridgehead atoms. The first-order valence-corrected chi connectivity index (χ1v) is 11.8. The summed E-state index contributed by atoms with van der Waals surface area (Å²) < 4.78 is 85.9. The molecule has 1 aliphatic heterocycles. The summed E-state index contributed by atoms with van der Waals surface area (Å²) in [5, 5.41) is 0. The summed E-state index contributed by atoms with van der Waals surface area (Å²) in [6.45, 7) is 0.337. The Morgan fingerprint density at radius 3 is 2.57 bits per heavy atom. The Balaban J connectivity index is 1.42. The minimum atomic E-state index is -4.63. The number of ether oxygens (including phenoxy) is 3. The molecule has 4 nitrogen and oxygen atoms in total. The summed E-state index contributed by atoms with van der Waals surface area (Å²) in [5.41, 5.74) is 1.07. The number of rotatable bonds is 6. The first-order valence-electron chi connectivity index (χ1n) is 11.8. The SMILES string of the molecule is COC(=O)CC1COc2cc(OC3CCc4c3ccc(C(F)(F)F)c4Cc3ccc(F)cc3F)ccc21. The predicted molar refractivity (Wildman–Crippen MR) is 124 cm³/mol. The van der Waals surface area contributed by atoms with Crippen molar-refractivity contribution in [2.45, 2.75) is 43.9 Å². The van der Waals surface area contributed by atoms with Gasteiger partial charge in [-0.25, -0.2) is 8.78 Å². The average Bonchev–Trinajstić information content (AvgIpc) is 3.44. The summed E-state index contributed by atoms with van der Waals surface area (Å²) in [6, 6.07) is 10.6. The van der Waals surface area contributed by atoms with Gasteiger partial charge in [0.25, 0.3) is 0 Å². The van der Waals surface area contributed by atoms with Crippen LogP contribution in [0.5, 0.6) is 11.5 Å². The van der Waals surface area contributed by atoms with Crippen molar-refractivity contribution in [2.75, 3.05) is 13.7 Å². The Hall–Kier alpha value is -3.62. The smallest absolute Gasteiger partial charge is 0.416 e. The zero-order valence-electron chi connectivity index (χ0n) is 19.8. The van der Waals surface area contributed by atoms with Crippen molar-refractivity contribution >= 4 is 5.97 Å². The predicted octanol–water partition coefficient (Wildman–Crippen LogP) is 6.68. The van der Waals surface area contributed by atoms with Crippen LogP contribution in [0.15, 0.2) is 48.5 Å². The molecular formula is C28H23F5O4. The van der Waals surface area contributed by atoms with Crippen molar-refractivity contribution in [2.24, 2.45) is 0 Å². The van der Waals surface area contributed by atoms with Crippen LogP contribution in [0.4, 0.5) is 22.0 Å². The van der Waals surface area contributed by atoms with E-state index in [9.17, 15) is 26.7 Å². The maximum absolute atomic E-state index is 14.3. The molecule has 2 aliphatic rings. The molecular weight excluding hydrogens is 495 g/mol. The first-order chi connectivity index (χ1) is 17.6. The van der Waals surface area contributed by atoms with Crippen molar-refractivity contribution in [1.82, 2.24) is 0 Å². The van der Waals surface area contributed by atoms with Gasteiger partial charge in [0, 0.05) is 30.0 Å². The molecule has 0 fully saturated rings. The van der Waals surface area contributed by atoms with Gasteiger partial charge in [0.05, 0.1) is 25.7 Å². The van der Waals surface area contributed by atoms with Crippen molar-refractivity contribution in [3.05, 3.63) is 93.5 Å². The lowest BCUT2D eigenvalue weighted by Crippen LogP contribution is -2.13. The zero-order valence-corrected chi connectivity index (χ0v) is 19.8. The number of hydrogen-bond donors (Lipinski definition) is 0. The average molecular weight is 518 g/mol. The van der Waals surface area contributed by atoms with E-state index in [1.165, 1.54) is 19.2 Å². The van der Waals surface area contributed by atoms with Crippen LogP contribution in [-0.4, -0.2) is 19.7 Å². The molecule has 0 N–H and O–H groups in total. The van der Waals surface area contributed by atoms with E-state index >= 15 is 0 Å². The van der Waals surface area contributed by atoms with E-state index < -0.39 is 29.5 Å². The lowest BCUT2D eigenvalue weighted by molar-refractivity contribution is -0.141. The summed E-state index contributed by atoms with van der Waals surface area (Å²) >= 11 is 0. The number of hydrogen-bond acceptors (Lipinski definition) is 4. The summed E-state index contributed by atoms with van der Waals surface area (Å²) in [7, 11) is 1.33. The Morgan fingerprint density at radius 2 is 1.84 bits per heavy atom. The molecule has 194 valence electrons. The molecule has 0 radical (unpaired) electrons. The third-order valence-electron chi connectivity index (χ3n) is 6.94. The summed E-state index contributed by atoms with van der Waals surface area (Å²) in [5.74, 6) is -1.07. The van der Waals surface area contributed by atoms with E-state index in [1.807, 2.05) is 6.07 Å². The molecule has 2 unspecified atom stereocenters. The molecule has 9 heteroatoms. The van der Waals surface area contributed by atoms with Gasteiger partial charge >= 0.3 is 12.1 Å². The fraction of sp³-hybridized carbons (Fsp3) is 0.321. The number of carbonyl (C=O) groups excluding carboxylic acids is 1. The summed E-state index contributed by atoms with van der Waals surface area (Å²) in [4.78, 5) is 11.6. The van der Waals surface area contributed by atoms with Gasteiger partial charge in [-0.2, -0.15) is 13.2 Å². The second-order valence-corrected chi connectivity index (χ2v) is 9.20. The lowest BCUT2D eigenvalue weighted by Gasteiger charge is -2.20. The van der Waals surface area contributed by atoms with Crippen LogP contribution in [-0.2, 0) is 28.5 Å². The van der Waals surface area contributed by atoms with Crippen LogP contribution in [0.25, 0.3) is 0 Å². The molecule has 0 aromatic heterocycles. The lowest BCUT2D eigenvalue weighted by atomic mass is 9.91. The van der Waals surface area contributed by atoms with E-state index in [-0.39, 0.29) is 35.9 Å². The topological polar surface area (TPSA) is 44.8 Å². The van der Waals surface area contributed by atoms with E-state index in [1.54, 1.807) is 12.1 Å². The molecule has 0 saturated carbocycles. The van der Waals surface area contributed by atoms with Crippen molar-refractivity contribution < 1.29 is 41.0 Å². The monoisotopic (exact) mass is 518 g/mol. The normalized spacial score (nSPS) is 18.2. The van der Waals surface area contributed by atoms with Gasteiger partial charge in [-0.15, -0.1) is 0 Å². The minimum Gasteiger partial charge on any atom is -0.492 e. The highest BCUT2D eigenvalue weighted by Gasteiger charge is 2.38. The second-order valence-electron chi connectivity index (χ2n) is 9.20. The van der Waals surface area contributed by atoms with Crippen LogP contribution in [0.2, 0.25) is 0 Å². The van der Waals surface area contributed by atoms with Gasteiger partial charge in [0.1, 0.15) is 29.2 Å². The molecule has 5 rings (SSSR count). The number of alkyl halides is 3. The standard InChI is InChI=1S/C28H23F5O4/c1-35-27(34)11-16-14-36-26-13-18(4-5-19(16)26)37-25-9-7-20-21(25)6-8-23(28(31,32)33)22(20)10-15-2-3-17(29)12-24(15)30/h2-6,8,12-13,16,25H,7,9-11,14H2,1H3. The van der Waals surface area contributed by atoms with E-state index in [2.05, 4.69) is 0 Å². The molecule has 3 aromatic rings. The number of fused-ring (bicyclic) bond motifs is 2. The van der Waals surface area contributed by atoms with Crippen LogP contribution in [0.3, 0.4) is 0 Å². The zero-order chi connectivity index (χ0) is 26.3. The van der Waals surface area contributed by atoms with Crippen molar-refractivity contribution in [3.63, 3.8) is 0 Å². The highest BCUT2D eigenvalue weighted by Crippen LogP contribution is 2.44. The van der Waals surface area contributed by atoms with Crippen molar-refractivity contribution in [1.29, 1.82) is 0 Å². The van der Waals surface area contributed by atoms with Gasteiger partial charge in [-0.1, -0.05) is 18.2 Å². The number of carbonyl (C=O) groups is 1. The van der Waals surface area contributed by atoms with Crippen LogP contribution in [0, 0.1) is 11.6 Å². The minimum absolute atomic E-state index is 0.0121. The van der Waals surface area contributed by atoms with Crippen LogP contribution < -0.4 is 9.47 Å². The van der Waals surface area contributed by atoms with Crippen molar-refractivity contribution in [3.8, 4) is 11.5 Å². The third-order valence-corrected chi connectivity index (χ3v) is 6.94. The molecule has 1 aliphatic carbocycles.